The first-order valence-corrected chi connectivity index (χ1v) is 6.76. The molecular weight excluding hydrogens is 234 g/mol. The van der Waals surface area contributed by atoms with Crippen LogP contribution in [0.2, 0.25) is 0 Å². The number of hydrogen-bond donors (Lipinski definition) is 1. The van der Waals surface area contributed by atoms with E-state index in [2.05, 4.69) is 0 Å². The zero-order chi connectivity index (χ0) is 13.4. The Morgan fingerprint density at radius 2 is 2.06 bits per heavy atom. The summed E-state index contributed by atoms with van der Waals surface area (Å²) in [6, 6.07) is -0.647. The van der Waals surface area contributed by atoms with Crippen LogP contribution in [0.1, 0.15) is 45.4 Å². The monoisotopic (exact) mass is 257 g/mol. The van der Waals surface area contributed by atoms with Crippen molar-refractivity contribution in [1.82, 2.24) is 4.90 Å². The van der Waals surface area contributed by atoms with E-state index in [1.54, 1.807) is 0 Å². The second-order valence-electron chi connectivity index (χ2n) is 4.65. The van der Waals surface area contributed by atoms with Crippen molar-refractivity contribution >= 4 is 11.9 Å². The average molecular weight is 257 g/mol. The van der Waals surface area contributed by atoms with Crippen LogP contribution >= 0.6 is 0 Å². The maximum absolute atomic E-state index is 12.0. The molecule has 1 N–H and O–H groups in total. The van der Waals surface area contributed by atoms with Crippen LogP contribution in [0.15, 0.2) is 0 Å². The summed E-state index contributed by atoms with van der Waals surface area (Å²) in [6.45, 7) is 3.60. The fourth-order valence-electron chi connectivity index (χ4n) is 2.21. The molecule has 0 spiro atoms. The first-order valence-electron chi connectivity index (χ1n) is 6.76. The number of rotatable bonds is 6. The minimum atomic E-state index is -0.889. The minimum absolute atomic E-state index is 0.0968. The number of carboxylic acid groups (broad SMARTS) is 1. The predicted molar refractivity (Wildman–Crippen MR) is 67.3 cm³/mol. The van der Waals surface area contributed by atoms with Gasteiger partial charge >= 0.3 is 5.97 Å². The van der Waals surface area contributed by atoms with Crippen LogP contribution in [0.4, 0.5) is 0 Å². The highest BCUT2D eigenvalue weighted by Gasteiger charge is 2.30. The van der Waals surface area contributed by atoms with Crippen molar-refractivity contribution in [2.75, 3.05) is 19.8 Å². The standard InChI is InChI=1S/C13H23NO4/c1-2-9-18-10-7-12(15)14-8-5-3-4-6-11(14)13(16)17/h11H,2-10H2,1H3,(H,16,17). The zero-order valence-electron chi connectivity index (χ0n) is 11.1. The Morgan fingerprint density at radius 3 is 2.72 bits per heavy atom. The Hall–Kier alpha value is -1.10. The third kappa shape index (κ3) is 4.64. The molecule has 0 aromatic heterocycles. The molecule has 5 nitrogen and oxygen atoms in total. The van der Waals surface area contributed by atoms with Crippen molar-refractivity contribution in [3.63, 3.8) is 0 Å². The van der Waals surface area contributed by atoms with E-state index in [9.17, 15) is 9.59 Å². The predicted octanol–water partition coefficient (Wildman–Crippen LogP) is 1.66. The van der Waals surface area contributed by atoms with Crippen LogP contribution in [0, 0.1) is 0 Å². The summed E-state index contributed by atoms with van der Waals surface area (Å²) >= 11 is 0. The molecule has 1 heterocycles. The molecule has 1 atom stereocenters. The van der Waals surface area contributed by atoms with Gasteiger partial charge in [-0.1, -0.05) is 19.8 Å². The second-order valence-corrected chi connectivity index (χ2v) is 4.65. The zero-order valence-corrected chi connectivity index (χ0v) is 11.1. The van der Waals surface area contributed by atoms with Crippen LogP contribution in [0.5, 0.6) is 0 Å². The van der Waals surface area contributed by atoms with E-state index in [1.165, 1.54) is 4.90 Å². The van der Waals surface area contributed by atoms with Gasteiger partial charge in [-0.05, 0) is 19.3 Å². The normalized spacial score (nSPS) is 20.5. The van der Waals surface area contributed by atoms with Crippen molar-refractivity contribution in [3.8, 4) is 0 Å². The Morgan fingerprint density at radius 1 is 1.28 bits per heavy atom. The van der Waals surface area contributed by atoms with Gasteiger partial charge in [0.15, 0.2) is 0 Å². The first kappa shape index (κ1) is 15.0. The van der Waals surface area contributed by atoms with Gasteiger partial charge in [0.2, 0.25) is 5.91 Å². The summed E-state index contributed by atoms with van der Waals surface area (Å²) < 4.78 is 5.28. The highest BCUT2D eigenvalue weighted by atomic mass is 16.5. The highest BCUT2D eigenvalue weighted by Crippen LogP contribution is 2.18. The summed E-state index contributed by atoms with van der Waals surface area (Å²) in [7, 11) is 0. The first-order chi connectivity index (χ1) is 8.66. The van der Waals surface area contributed by atoms with Crippen LogP contribution in [-0.4, -0.2) is 47.7 Å². The third-order valence-corrected chi connectivity index (χ3v) is 3.17. The van der Waals surface area contributed by atoms with E-state index in [0.29, 0.717) is 26.2 Å². The average Bonchev–Trinajstić information content (AvgIpc) is 2.59. The quantitative estimate of drug-likeness (QED) is 0.735. The number of carbonyl (C=O) groups is 2. The molecule has 1 amide bonds. The van der Waals surface area contributed by atoms with E-state index < -0.39 is 12.0 Å². The molecule has 0 aromatic carbocycles. The second kappa shape index (κ2) is 8.08. The molecule has 0 aromatic rings. The van der Waals surface area contributed by atoms with E-state index >= 15 is 0 Å². The van der Waals surface area contributed by atoms with Crippen molar-refractivity contribution in [1.29, 1.82) is 0 Å². The number of carbonyl (C=O) groups excluding carboxylic acids is 1. The van der Waals surface area contributed by atoms with Gasteiger partial charge in [-0.3, -0.25) is 4.79 Å². The third-order valence-electron chi connectivity index (χ3n) is 3.17. The number of carboxylic acids is 1. The van der Waals surface area contributed by atoms with Gasteiger partial charge in [-0.25, -0.2) is 4.79 Å². The lowest BCUT2D eigenvalue weighted by atomic mass is 10.1. The SMILES string of the molecule is CCCOCCC(=O)N1CCCCCC1C(=O)O. The van der Waals surface area contributed by atoms with Crippen molar-refractivity contribution in [2.45, 2.75) is 51.5 Å². The maximum atomic E-state index is 12.0. The Kier molecular flexibility index (Phi) is 6.72. The summed E-state index contributed by atoms with van der Waals surface area (Å²) in [6.07, 6.45) is 4.55. The van der Waals surface area contributed by atoms with Crippen LogP contribution < -0.4 is 0 Å². The molecule has 18 heavy (non-hydrogen) atoms. The van der Waals surface area contributed by atoms with E-state index in [-0.39, 0.29) is 12.3 Å². The molecule has 1 aliphatic heterocycles. The number of hydrogen-bond acceptors (Lipinski definition) is 3. The molecular formula is C13H23NO4. The Bertz CT molecular complexity index is 280. The van der Waals surface area contributed by atoms with Gasteiger partial charge in [0.05, 0.1) is 13.0 Å². The summed E-state index contributed by atoms with van der Waals surface area (Å²) in [5.41, 5.74) is 0. The number of amides is 1. The van der Waals surface area contributed by atoms with Gasteiger partial charge in [0, 0.05) is 13.2 Å². The number of aliphatic carboxylic acids is 1. The van der Waals surface area contributed by atoms with Crippen molar-refractivity contribution in [2.24, 2.45) is 0 Å². The fourth-order valence-corrected chi connectivity index (χ4v) is 2.21. The van der Waals surface area contributed by atoms with Crippen molar-refractivity contribution in [3.05, 3.63) is 0 Å². The molecule has 104 valence electrons. The molecule has 0 saturated carbocycles. The minimum Gasteiger partial charge on any atom is -0.480 e. The lowest BCUT2D eigenvalue weighted by molar-refractivity contribution is -0.150. The maximum Gasteiger partial charge on any atom is 0.326 e. The molecule has 1 aliphatic rings. The molecule has 0 aliphatic carbocycles. The van der Waals surface area contributed by atoms with Gasteiger partial charge in [-0.15, -0.1) is 0 Å². The number of likely N-dealkylation sites (tertiary alicyclic amines) is 1. The van der Waals surface area contributed by atoms with Crippen LogP contribution in [0.3, 0.4) is 0 Å². The Labute approximate surface area is 108 Å². The van der Waals surface area contributed by atoms with E-state index in [4.69, 9.17) is 9.84 Å². The van der Waals surface area contributed by atoms with Crippen LogP contribution in [-0.2, 0) is 14.3 Å². The number of nitrogens with zero attached hydrogens (tertiary/aromatic N) is 1. The van der Waals surface area contributed by atoms with Crippen molar-refractivity contribution < 1.29 is 19.4 Å². The topological polar surface area (TPSA) is 66.8 Å². The fraction of sp³-hybridized carbons (Fsp3) is 0.846. The molecule has 1 unspecified atom stereocenters. The highest BCUT2D eigenvalue weighted by molar-refractivity contribution is 5.83. The van der Waals surface area contributed by atoms with Gasteiger partial charge < -0.3 is 14.7 Å². The molecule has 1 saturated heterocycles. The van der Waals surface area contributed by atoms with Gasteiger partial charge in [-0.2, -0.15) is 0 Å². The van der Waals surface area contributed by atoms with E-state index in [0.717, 1.165) is 25.7 Å². The smallest absolute Gasteiger partial charge is 0.326 e. The largest absolute Gasteiger partial charge is 0.480 e. The molecule has 0 bridgehead atoms. The molecule has 1 rings (SSSR count). The summed E-state index contributed by atoms with van der Waals surface area (Å²) in [5.74, 6) is -0.986. The number of ether oxygens (including phenoxy) is 1. The summed E-state index contributed by atoms with van der Waals surface area (Å²) in [5, 5.41) is 9.17. The van der Waals surface area contributed by atoms with Gasteiger partial charge in [0.1, 0.15) is 6.04 Å². The van der Waals surface area contributed by atoms with E-state index in [1.807, 2.05) is 6.92 Å². The summed E-state index contributed by atoms with van der Waals surface area (Å²) in [4.78, 5) is 24.7. The molecule has 5 heteroatoms. The lowest BCUT2D eigenvalue weighted by Gasteiger charge is -2.26. The molecule has 0 radical (unpaired) electrons. The van der Waals surface area contributed by atoms with Gasteiger partial charge in [0.25, 0.3) is 0 Å². The molecule has 1 fully saturated rings. The van der Waals surface area contributed by atoms with Crippen LogP contribution in [0.25, 0.3) is 0 Å². The Balaban J connectivity index is 2.48. The lowest BCUT2D eigenvalue weighted by Crippen LogP contribution is -2.44.